The van der Waals surface area contributed by atoms with E-state index >= 15 is 0 Å². The maximum atomic E-state index is 6.94. The predicted octanol–water partition coefficient (Wildman–Crippen LogP) is 17.1. The molecule has 5 nitrogen and oxygen atoms in total. The van der Waals surface area contributed by atoms with Gasteiger partial charge in [-0.1, -0.05) is 175 Å². The fraction of sp³-hybridized carbons (Fsp3) is 0.262. The molecule has 6 heteroatoms. The van der Waals surface area contributed by atoms with Crippen LogP contribution in [-0.4, -0.2) is 9.55 Å². The summed E-state index contributed by atoms with van der Waals surface area (Å²) in [6, 6.07) is 68.0. The molecule has 12 rings (SSSR count). The molecule has 0 amide bonds. The topological polar surface area (TPSA) is 33.5 Å². The average molecular weight is 1110 g/mol. The van der Waals surface area contributed by atoms with Gasteiger partial charge in [-0.3, -0.25) is 0 Å². The Balaban J connectivity index is 0.00000547. The molecule has 2 aliphatic carbocycles. The second-order valence-corrected chi connectivity index (χ2v) is 21.4. The van der Waals surface area contributed by atoms with E-state index in [0.717, 1.165) is 64.7 Å². The van der Waals surface area contributed by atoms with Crippen LogP contribution in [0.3, 0.4) is 0 Å². The first-order chi connectivity index (χ1) is 34.1. The number of nitrogens with zero attached hydrogens (tertiary/aromatic N) is 4. The van der Waals surface area contributed by atoms with Crippen molar-refractivity contribution in [2.24, 2.45) is 0 Å². The van der Waals surface area contributed by atoms with Gasteiger partial charge in [-0.15, -0.1) is 53.6 Å². The first-order valence-electron chi connectivity index (χ1n) is 25.6. The summed E-state index contributed by atoms with van der Waals surface area (Å²) in [7, 11) is 0. The van der Waals surface area contributed by atoms with Gasteiger partial charge in [-0.05, 0) is 101 Å². The Morgan fingerprint density at radius 1 is 0.592 bits per heavy atom. The molecule has 1 aliphatic heterocycles. The molecule has 0 radical (unpaired) electrons. The van der Waals surface area contributed by atoms with E-state index in [1.165, 1.54) is 70.4 Å². The average Bonchev–Trinajstić information content (AvgIpc) is 4.22. The molecule has 7 aromatic carbocycles. The van der Waals surface area contributed by atoms with Gasteiger partial charge in [0.05, 0.1) is 0 Å². The third-order valence-electron chi connectivity index (χ3n) is 15.9. The molecule has 0 spiro atoms. The van der Waals surface area contributed by atoms with Crippen molar-refractivity contribution in [2.45, 2.75) is 108 Å². The van der Waals surface area contributed by atoms with Crippen molar-refractivity contribution in [1.82, 2.24) is 9.55 Å². The number of benzene rings is 7. The van der Waals surface area contributed by atoms with E-state index in [9.17, 15) is 0 Å². The summed E-state index contributed by atoms with van der Waals surface area (Å²) in [5, 5.41) is 2.26. The molecule has 3 aliphatic rings. The van der Waals surface area contributed by atoms with Gasteiger partial charge in [0.15, 0.2) is 0 Å². The van der Waals surface area contributed by atoms with Gasteiger partial charge in [0, 0.05) is 72.2 Å². The second kappa shape index (κ2) is 18.6. The van der Waals surface area contributed by atoms with E-state index in [-0.39, 0.29) is 43.2 Å². The molecule has 3 heterocycles. The predicted molar refractivity (Wildman–Crippen MR) is 288 cm³/mol. The van der Waals surface area contributed by atoms with Gasteiger partial charge >= 0.3 is 0 Å². The van der Waals surface area contributed by atoms with Gasteiger partial charge in [-0.25, -0.2) is 4.98 Å². The molecule has 2 aromatic heterocycles. The van der Waals surface area contributed by atoms with Crippen molar-refractivity contribution >= 4 is 44.6 Å². The summed E-state index contributed by atoms with van der Waals surface area (Å²) in [6.45, 7) is 13.6. The van der Waals surface area contributed by atoms with Crippen molar-refractivity contribution in [3.63, 3.8) is 0 Å². The minimum atomic E-state index is -0.112. The Bertz CT molecular complexity index is 3300. The first-order valence-corrected chi connectivity index (χ1v) is 25.6. The van der Waals surface area contributed by atoms with Crippen LogP contribution in [0.5, 0.6) is 11.5 Å². The Morgan fingerprint density at radius 2 is 1.18 bits per heavy atom. The monoisotopic (exact) mass is 1110 g/mol. The Labute approximate surface area is 434 Å². The quantitative estimate of drug-likeness (QED) is 0.128. The molecule has 0 saturated heterocycles. The molecule has 0 unspecified atom stereocenters. The minimum absolute atomic E-state index is 0. The summed E-state index contributed by atoms with van der Waals surface area (Å²) in [6.07, 6.45) is 11.3. The van der Waals surface area contributed by atoms with E-state index in [4.69, 9.17) is 9.72 Å². The van der Waals surface area contributed by atoms with E-state index in [1.807, 2.05) is 12.3 Å². The van der Waals surface area contributed by atoms with Gasteiger partial charge in [0.2, 0.25) is 0 Å². The third-order valence-corrected chi connectivity index (χ3v) is 15.9. The molecule has 9 aromatic rings. The smallest absolute Gasteiger partial charge is 0.135 e. The van der Waals surface area contributed by atoms with E-state index in [2.05, 4.69) is 226 Å². The molecular weight excluding hydrogens is 1050 g/mol. The zero-order valence-corrected chi connectivity index (χ0v) is 43.8. The van der Waals surface area contributed by atoms with Crippen LogP contribution in [0, 0.1) is 18.8 Å². The SMILES string of the molecule is CC(C)c1cc(Oc2[c-]c3c(cc2)c2ccccc2n3-c2cc(C(C)(C)C)ccn2)[c-]c(N2[CH-]N(c3c(C4(c5ccccc5)CCCC4)cccc3C3(c4ccccc4)CCCC3)c3ccccc32)c1.[Pt]. The number of pyridine rings is 1. The number of hydrogen-bond acceptors (Lipinski definition) is 4. The van der Waals surface area contributed by atoms with Crippen LogP contribution in [0.4, 0.5) is 22.7 Å². The van der Waals surface area contributed by atoms with Crippen LogP contribution in [0.2, 0.25) is 0 Å². The van der Waals surface area contributed by atoms with Crippen molar-refractivity contribution in [3.05, 3.63) is 222 Å². The first kappa shape index (κ1) is 46.9. The number of rotatable bonds is 10. The van der Waals surface area contributed by atoms with Crippen molar-refractivity contribution in [1.29, 1.82) is 0 Å². The molecular formula is C65H61N4OPt-3. The third kappa shape index (κ3) is 8.09. The van der Waals surface area contributed by atoms with Gasteiger partial charge in [0.1, 0.15) is 5.82 Å². The summed E-state index contributed by atoms with van der Waals surface area (Å²) in [5.41, 5.74) is 14.4. The van der Waals surface area contributed by atoms with Crippen LogP contribution < -0.4 is 14.5 Å². The summed E-state index contributed by atoms with van der Waals surface area (Å²) >= 11 is 0. The van der Waals surface area contributed by atoms with Gasteiger partial charge in [-0.2, -0.15) is 6.07 Å². The van der Waals surface area contributed by atoms with Crippen molar-refractivity contribution < 1.29 is 25.8 Å². The van der Waals surface area contributed by atoms with Crippen molar-refractivity contribution in [2.75, 3.05) is 9.80 Å². The number of aromatic nitrogens is 2. The van der Waals surface area contributed by atoms with E-state index in [1.54, 1.807) is 0 Å². The normalized spacial score (nSPS) is 16.2. The number of hydrogen-bond donors (Lipinski definition) is 0. The van der Waals surface area contributed by atoms with Crippen LogP contribution in [0.25, 0.3) is 27.6 Å². The van der Waals surface area contributed by atoms with Gasteiger partial charge < -0.3 is 19.1 Å². The minimum Gasteiger partial charge on any atom is -0.509 e. The molecule has 0 atom stereocenters. The summed E-state index contributed by atoms with van der Waals surface area (Å²) in [4.78, 5) is 9.81. The molecule has 360 valence electrons. The Hall–Kier alpha value is -6.42. The number of anilines is 4. The fourth-order valence-electron chi connectivity index (χ4n) is 12.3. The van der Waals surface area contributed by atoms with E-state index < -0.39 is 0 Å². The number of fused-ring (bicyclic) bond motifs is 4. The Kier molecular flexibility index (Phi) is 12.3. The van der Waals surface area contributed by atoms with Crippen LogP contribution >= 0.6 is 0 Å². The van der Waals surface area contributed by atoms with Crippen LogP contribution in [0.15, 0.2) is 170 Å². The standard InChI is InChI=1S/C65H61N4O.Pt/c1-45(2)46-39-50(42-52(40-46)70-51-31-32-54-53-25-12-13-28-57(53)69(60(54)43-51)61-41-49(33-38-66-61)63(3,4)5)67-44-68(59-30-15-14-29-58(59)67)62-55(64(34-16-17-35-64)47-21-8-6-9-22-47)26-20-27-56(62)65(36-18-19-37-65)48-23-10-7-11-24-48;/h6-15,20-33,38-41,44-45H,16-19,34-37H2,1-5H3;/q-3;. The summed E-state index contributed by atoms with van der Waals surface area (Å²) < 4.78 is 9.17. The fourth-order valence-corrected chi connectivity index (χ4v) is 12.3. The largest absolute Gasteiger partial charge is 0.509 e. The number of ether oxygens (including phenoxy) is 1. The molecule has 0 bridgehead atoms. The number of para-hydroxylation sites is 4. The van der Waals surface area contributed by atoms with Crippen molar-refractivity contribution in [3.8, 4) is 17.3 Å². The maximum absolute atomic E-state index is 6.94. The maximum Gasteiger partial charge on any atom is 0.135 e. The van der Waals surface area contributed by atoms with E-state index in [0.29, 0.717) is 11.5 Å². The summed E-state index contributed by atoms with van der Waals surface area (Å²) in [5.74, 6) is 2.39. The second-order valence-electron chi connectivity index (χ2n) is 21.4. The molecule has 0 N–H and O–H groups in total. The van der Waals surface area contributed by atoms with Gasteiger partial charge in [0.25, 0.3) is 0 Å². The zero-order valence-electron chi connectivity index (χ0n) is 41.5. The Morgan fingerprint density at radius 3 is 1.80 bits per heavy atom. The zero-order chi connectivity index (χ0) is 47.6. The van der Waals surface area contributed by atoms with Crippen LogP contribution in [0.1, 0.15) is 125 Å². The van der Waals surface area contributed by atoms with Crippen LogP contribution in [-0.2, 0) is 37.3 Å². The molecule has 71 heavy (non-hydrogen) atoms. The molecule has 2 fully saturated rings. The molecule has 2 saturated carbocycles.